The first-order valence-electron chi connectivity index (χ1n) is 8.75. The fourth-order valence-electron chi connectivity index (χ4n) is 4.04. The van der Waals surface area contributed by atoms with Crippen molar-refractivity contribution in [1.29, 1.82) is 0 Å². The Labute approximate surface area is 124 Å². The van der Waals surface area contributed by atoms with Crippen LogP contribution < -0.4 is 5.32 Å². The Balaban J connectivity index is 1.87. The van der Waals surface area contributed by atoms with Crippen LogP contribution in [0.5, 0.6) is 0 Å². The van der Waals surface area contributed by atoms with Gasteiger partial charge in [-0.2, -0.15) is 0 Å². The lowest BCUT2D eigenvalue weighted by Crippen LogP contribution is -2.44. The minimum absolute atomic E-state index is 0.0818. The fourth-order valence-corrected chi connectivity index (χ4v) is 4.04. The molecule has 116 valence electrons. The third-order valence-electron chi connectivity index (χ3n) is 5.17. The lowest BCUT2D eigenvalue weighted by molar-refractivity contribution is -0.133. The summed E-state index contributed by atoms with van der Waals surface area (Å²) in [7, 11) is 0. The van der Waals surface area contributed by atoms with E-state index in [9.17, 15) is 4.79 Å². The van der Waals surface area contributed by atoms with Crippen molar-refractivity contribution in [1.82, 2.24) is 10.2 Å². The zero-order valence-corrected chi connectivity index (χ0v) is 13.5. The molecular formula is C17H32N2O. The number of hydrogen-bond donors (Lipinski definition) is 1. The Morgan fingerprint density at radius 3 is 2.40 bits per heavy atom. The summed E-state index contributed by atoms with van der Waals surface area (Å²) in [6.45, 7) is 6.62. The zero-order chi connectivity index (χ0) is 14.5. The van der Waals surface area contributed by atoms with E-state index < -0.39 is 0 Å². The van der Waals surface area contributed by atoms with Crippen molar-refractivity contribution in [3.63, 3.8) is 0 Å². The topological polar surface area (TPSA) is 32.3 Å². The summed E-state index contributed by atoms with van der Waals surface area (Å²) in [4.78, 5) is 14.8. The van der Waals surface area contributed by atoms with E-state index in [0.29, 0.717) is 11.9 Å². The van der Waals surface area contributed by atoms with Crippen LogP contribution in [0, 0.1) is 5.92 Å². The highest BCUT2D eigenvalue weighted by Gasteiger charge is 2.40. The molecule has 1 N–H and O–H groups in total. The number of unbranched alkanes of at least 4 members (excludes halogenated alkanes) is 1. The van der Waals surface area contributed by atoms with Crippen LogP contribution >= 0.6 is 0 Å². The van der Waals surface area contributed by atoms with Gasteiger partial charge in [0.15, 0.2) is 0 Å². The van der Waals surface area contributed by atoms with Gasteiger partial charge in [0.25, 0.3) is 0 Å². The maximum Gasteiger partial charge on any atom is 0.241 e. The lowest BCUT2D eigenvalue weighted by atomic mass is 9.83. The molecule has 1 saturated heterocycles. The molecule has 3 nitrogen and oxygen atoms in total. The van der Waals surface area contributed by atoms with Crippen molar-refractivity contribution in [2.45, 2.75) is 96.8 Å². The van der Waals surface area contributed by atoms with Crippen molar-refractivity contribution in [2.24, 2.45) is 5.92 Å². The predicted molar refractivity (Wildman–Crippen MR) is 83.4 cm³/mol. The van der Waals surface area contributed by atoms with Crippen molar-refractivity contribution >= 4 is 5.91 Å². The number of rotatable bonds is 6. The first-order valence-corrected chi connectivity index (χ1v) is 8.75. The molecule has 0 aromatic heterocycles. The quantitative estimate of drug-likeness (QED) is 0.805. The minimum Gasteiger partial charge on any atom is -0.323 e. The van der Waals surface area contributed by atoms with E-state index in [2.05, 4.69) is 31.0 Å². The summed E-state index contributed by atoms with van der Waals surface area (Å²) in [5.41, 5.74) is 0. The number of nitrogens with zero attached hydrogens (tertiary/aromatic N) is 1. The molecule has 0 aromatic rings. The van der Waals surface area contributed by atoms with Gasteiger partial charge < -0.3 is 4.90 Å². The predicted octanol–water partition coefficient (Wildman–Crippen LogP) is 3.68. The fraction of sp³-hybridized carbons (Fsp3) is 0.941. The van der Waals surface area contributed by atoms with E-state index >= 15 is 0 Å². The highest BCUT2D eigenvalue weighted by atomic mass is 16.2. The van der Waals surface area contributed by atoms with Crippen molar-refractivity contribution in [2.75, 3.05) is 0 Å². The molecule has 2 unspecified atom stereocenters. The molecule has 0 bridgehead atoms. The molecule has 0 aromatic carbocycles. The number of hydrogen-bond acceptors (Lipinski definition) is 2. The third kappa shape index (κ3) is 3.55. The standard InChI is InChI=1S/C17H32N2O/c1-4-6-8-16-17(20)19(13(3)18-16)15-11-9-14(7-5-2)10-12-15/h13-16,18H,4-12H2,1-3H3. The van der Waals surface area contributed by atoms with Gasteiger partial charge in [-0.05, 0) is 44.9 Å². The first kappa shape index (κ1) is 15.8. The maximum absolute atomic E-state index is 12.6. The summed E-state index contributed by atoms with van der Waals surface area (Å²) >= 11 is 0. The molecule has 1 aliphatic heterocycles. The highest BCUT2D eigenvalue weighted by Crippen LogP contribution is 2.33. The molecule has 0 radical (unpaired) electrons. The smallest absolute Gasteiger partial charge is 0.241 e. The normalized spacial score (nSPS) is 34.8. The SMILES string of the molecule is CCCCC1NC(C)N(C2CCC(CCC)CC2)C1=O. The van der Waals surface area contributed by atoms with E-state index in [1.807, 2.05) is 0 Å². The Hall–Kier alpha value is -0.570. The van der Waals surface area contributed by atoms with Gasteiger partial charge in [-0.25, -0.2) is 0 Å². The first-order chi connectivity index (χ1) is 9.67. The monoisotopic (exact) mass is 280 g/mol. The van der Waals surface area contributed by atoms with Crippen LogP contribution in [0.2, 0.25) is 0 Å². The summed E-state index contributed by atoms with van der Waals surface area (Å²) in [5, 5.41) is 3.50. The van der Waals surface area contributed by atoms with Crippen molar-refractivity contribution in [3.8, 4) is 0 Å². The molecule has 1 heterocycles. The van der Waals surface area contributed by atoms with Gasteiger partial charge in [-0.3, -0.25) is 10.1 Å². The number of nitrogens with one attached hydrogen (secondary N) is 1. The van der Waals surface area contributed by atoms with Crippen molar-refractivity contribution in [3.05, 3.63) is 0 Å². The second-order valence-corrected chi connectivity index (χ2v) is 6.75. The lowest BCUT2D eigenvalue weighted by Gasteiger charge is -2.36. The second-order valence-electron chi connectivity index (χ2n) is 6.75. The van der Waals surface area contributed by atoms with Crippen LogP contribution in [0.15, 0.2) is 0 Å². The Morgan fingerprint density at radius 2 is 1.80 bits per heavy atom. The average Bonchev–Trinajstić information content (AvgIpc) is 2.73. The van der Waals surface area contributed by atoms with Gasteiger partial charge in [0.1, 0.15) is 0 Å². The van der Waals surface area contributed by atoms with Crippen LogP contribution in [0.25, 0.3) is 0 Å². The molecule has 1 amide bonds. The largest absolute Gasteiger partial charge is 0.323 e. The number of amides is 1. The van der Waals surface area contributed by atoms with E-state index in [1.165, 1.54) is 44.9 Å². The van der Waals surface area contributed by atoms with E-state index in [4.69, 9.17) is 0 Å². The van der Waals surface area contributed by atoms with Crippen LogP contribution in [-0.2, 0) is 4.79 Å². The Kier molecular flexibility index (Phi) is 5.88. The minimum atomic E-state index is 0.0818. The van der Waals surface area contributed by atoms with Crippen molar-refractivity contribution < 1.29 is 4.79 Å². The molecule has 20 heavy (non-hydrogen) atoms. The zero-order valence-electron chi connectivity index (χ0n) is 13.5. The molecule has 2 atom stereocenters. The molecular weight excluding hydrogens is 248 g/mol. The van der Waals surface area contributed by atoms with Crippen LogP contribution in [0.1, 0.15) is 78.6 Å². The van der Waals surface area contributed by atoms with E-state index in [1.54, 1.807) is 0 Å². The molecule has 3 heteroatoms. The Morgan fingerprint density at radius 1 is 1.10 bits per heavy atom. The van der Waals surface area contributed by atoms with E-state index in [0.717, 1.165) is 18.8 Å². The summed E-state index contributed by atoms with van der Waals surface area (Å²) in [5.74, 6) is 1.28. The van der Waals surface area contributed by atoms with E-state index in [-0.39, 0.29) is 12.2 Å². The van der Waals surface area contributed by atoms with Gasteiger partial charge in [-0.1, -0.05) is 39.5 Å². The third-order valence-corrected chi connectivity index (χ3v) is 5.17. The summed E-state index contributed by atoms with van der Waals surface area (Å²) in [6.07, 6.45) is 11.3. The van der Waals surface area contributed by atoms with Crippen LogP contribution in [0.4, 0.5) is 0 Å². The Bertz CT molecular complexity index is 310. The summed E-state index contributed by atoms with van der Waals surface area (Å²) < 4.78 is 0. The van der Waals surface area contributed by atoms with Crippen LogP contribution in [0.3, 0.4) is 0 Å². The van der Waals surface area contributed by atoms with Gasteiger partial charge in [0.05, 0.1) is 12.2 Å². The number of carbonyl (C=O) groups excluding carboxylic acids is 1. The maximum atomic E-state index is 12.6. The van der Waals surface area contributed by atoms with Gasteiger partial charge in [-0.15, -0.1) is 0 Å². The molecule has 2 rings (SSSR count). The number of carbonyl (C=O) groups is 1. The van der Waals surface area contributed by atoms with Gasteiger partial charge in [0, 0.05) is 6.04 Å². The average molecular weight is 280 g/mol. The molecule has 2 fully saturated rings. The molecule has 2 aliphatic rings. The summed E-state index contributed by atoms with van der Waals surface area (Å²) in [6, 6.07) is 0.572. The molecule has 1 aliphatic carbocycles. The second kappa shape index (κ2) is 7.44. The molecule has 0 spiro atoms. The van der Waals surface area contributed by atoms with Gasteiger partial charge in [0.2, 0.25) is 5.91 Å². The van der Waals surface area contributed by atoms with Gasteiger partial charge >= 0.3 is 0 Å². The molecule has 1 saturated carbocycles. The highest BCUT2D eigenvalue weighted by molar-refractivity contribution is 5.84. The van der Waals surface area contributed by atoms with Crippen LogP contribution in [-0.4, -0.2) is 29.1 Å².